The van der Waals surface area contributed by atoms with Crippen LogP contribution in [0.15, 0.2) is 54.7 Å². The van der Waals surface area contributed by atoms with Crippen molar-refractivity contribution in [3.05, 3.63) is 71.7 Å². The average molecular weight is 541 g/mol. The van der Waals surface area contributed by atoms with E-state index in [1.165, 1.54) is 25.9 Å². The van der Waals surface area contributed by atoms with E-state index in [9.17, 15) is 0 Å². The van der Waals surface area contributed by atoms with E-state index in [1.807, 2.05) is 19.3 Å². The number of hydrogen-bond donors (Lipinski definition) is 1. The summed E-state index contributed by atoms with van der Waals surface area (Å²) < 4.78 is 10.4. The summed E-state index contributed by atoms with van der Waals surface area (Å²) in [5.41, 5.74) is 6.36. The van der Waals surface area contributed by atoms with Crippen LogP contribution in [-0.2, 0) is 11.3 Å². The SMILES string of the molecule is CNC(=S)c1ccccc1-c1ccc2c(/C=C/c3ccnn3CCN3CCCC3)nn(C3CCCCO3)c2c1. The van der Waals surface area contributed by atoms with Crippen LogP contribution in [-0.4, -0.2) is 62.7 Å². The first kappa shape index (κ1) is 25.9. The Morgan fingerprint density at radius 1 is 1.05 bits per heavy atom. The molecule has 6 rings (SSSR count). The van der Waals surface area contributed by atoms with Gasteiger partial charge in [-0.1, -0.05) is 42.5 Å². The molecule has 2 aromatic heterocycles. The van der Waals surface area contributed by atoms with Gasteiger partial charge in [0.1, 0.15) is 4.99 Å². The molecular weight excluding hydrogens is 504 g/mol. The number of likely N-dealkylation sites (tertiary alicyclic amines) is 1. The molecule has 2 aliphatic heterocycles. The fraction of sp³-hybridized carbons (Fsp3) is 0.387. The van der Waals surface area contributed by atoms with Crippen LogP contribution >= 0.6 is 12.2 Å². The van der Waals surface area contributed by atoms with Gasteiger partial charge in [0, 0.05) is 37.3 Å². The molecule has 7 nitrogen and oxygen atoms in total. The first-order valence-electron chi connectivity index (χ1n) is 14.1. The lowest BCUT2D eigenvalue weighted by Gasteiger charge is -2.23. The zero-order valence-corrected chi connectivity index (χ0v) is 23.4. The van der Waals surface area contributed by atoms with Gasteiger partial charge in [0.15, 0.2) is 6.23 Å². The van der Waals surface area contributed by atoms with E-state index >= 15 is 0 Å². The van der Waals surface area contributed by atoms with Crippen LogP contribution in [0.2, 0.25) is 0 Å². The third kappa shape index (κ3) is 5.55. The summed E-state index contributed by atoms with van der Waals surface area (Å²) >= 11 is 5.60. The zero-order valence-electron chi connectivity index (χ0n) is 22.6. The molecule has 2 saturated heterocycles. The summed E-state index contributed by atoms with van der Waals surface area (Å²) in [4.78, 5) is 3.26. The number of ether oxygens (including phenoxy) is 1. The van der Waals surface area contributed by atoms with Crippen LogP contribution in [0.5, 0.6) is 0 Å². The largest absolute Gasteiger partial charge is 0.379 e. The highest BCUT2D eigenvalue weighted by atomic mass is 32.1. The summed E-state index contributed by atoms with van der Waals surface area (Å²) in [6.45, 7) is 5.11. The van der Waals surface area contributed by atoms with Crippen molar-refractivity contribution in [2.75, 3.05) is 33.3 Å². The third-order valence-corrected chi connectivity index (χ3v) is 8.29. The minimum absolute atomic E-state index is 0.0572. The Hall–Kier alpha value is -3.33. The van der Waals surface area contributed by atoms with Crippen LogP contribution in [0.3, 0.4) is 0 Å². The Kier molecular flexibility index (Phi) is 7.85. The number of nitrogens with zero attached hydrogens (tertiary/aromatic N) is 5. The Morgan fingerprint density at radius 2 is 1.92 bits per heavy atom. The summed E-state index contributed by atoms with van der Waals surface area (Å²) in [7, 11) is 1.87. The number of thiocarbonyl (C=S) groups is 1. The molecule has 0 amide bonds. The summed E-state index contributed by atoms with van der Waals surface area (Å²) in [6, 6.07) is 16.9. The van der Waals surface area contributed by atoms with Gasteiger partial charge in [-0.3, -0.25) is 4.68 Å². The molecule has 2 fully saturated rings. The predicted molar refractivity (Wildman–Crippen MR) is 162 cm³/mol. The number of aromatic nitrogens is 4. The smallest absolute Gasteiger partial charge is 0.150 e. The van der Waals surface area contributed by atoms with Crippen LogP contribution < -0.4 is 5.32 Å². The second-order valence-electron chi connectivity index (χ2n) is 10.4. The van der Waals surface area contributed by atoms with Crippen LogP contribution in [0.4, 0.5) is 0 Å². The first-order valence-corrected chi connectivity index (χ1v) is 14.5. The predicted octanol–water partition coefficient (Wildman–Crippen LogP) is 5.76. The van der Waals surface area contributed by atoms with E-state index in [2.05, 4.69) is 79.3 Å². The Morgan fingerprint density at radius 3 is 2.74 bits per heavy atom. The van der Waals surface area contributed by atoms with Crippen molar-refractivity contribution in [1.82, 2.24) is 29.8 Å². The molecule has 8 heteroatoms. The van der Waals surface area contributed by atoms with Gasteiger partial charge in [-0.15, -0.1) is 0 Å². The van der Waals surface area contributed by atoms with Gasteiger partial charge in [-0.25, -0.2) is 4.68 Å². The minimum Gasteiger partial charge on any atom is -0.379 e. The maximum absolute atomic E-state index is 6.19. The summed E-state index contributed by atoms with van der Waals surface area (Å²) in [6.07, 6.45) is 11.9. The molecular formula is C31H36N6OS. The molecule has 4 heterocycles. The number of rotatable bonds is 8. The van der Waals surface area contributed by atoms with Crippen LogP contribution in [0.25, 0.3) is 34.2 Å². The fourth-order valence-electron chi connectivity index (χ4n) is 5.73. The van der Waals surface area contributed by atoms with Gasteiger partial charge < -0.3 is 15.0 Å². The molecule has 1 atom stereocenters. The molecule has 0 radical (unpaired) electrons. The zero-order chi connectivity index (χ0) is 26.6. The molecule has 202 valence electrons. The van der Waals surface area contributed by atoms with Gasteiger partial charge in [0.25, 0.3) is 0 Å². The fourth-order valence-corrected chi connectivity index (χ4v) is 5.91. The quantitative estimate of drug-likeness (QED) is 0.287. The van der Waals surface area contributed by atoms with E-state index < -0.39 is 0 Å². The molecule has 0 saturated carbocycles. The number of benzene rings is 2. The molecule has 0 bridgehead atoms. The lowest BCUT2D eigenvalue weighted by Crippen LogP contribution is -2.24. The van der Waals surface area contributed by atoms with Crippen molar-refractivity contribution in [3.63, 3.8) is 0 Å². The van der Waals surface area contributed by atoms with E-state index in [4.69, 9.17) is 22.1 Å². The third-order valence-electron chi connectivity index (χ3n) is 7.86. The highest BCUT2D eigenvalue weighted by molar-refractivity contribution is 7.80. The van der Waals surface area contributed by atoms with Crippen LogP contribution in [0.1, 0.15) is 55.3 Å². The second-order valence-corrected chi connectivity index (χ2v) is 10.8. The standard InChI is InChI=1S/C31H36N6OS/c1-32-31(39)26-9-3-2-8-25(26)23-11-13-27-28(34-37(29(27)22-23)30-10-4-7-21-38-30)14-12-24-15-16-33-36(24)20-19-35-17-5-6-18-35/h2-3,8-9,11-16,22,30H,4-7,10,17-21H2,1H3,(H,32,39)/b14-12+. The lowest BCUT2D eigenvalue weighted by atomic mass is 9.98. The van der Waals surface area contributed by atoms with E-state index in [1.54, 1.807) is 0 Å². The van der Waals surface area contributed by atoms with E-state index in [0.717, 1.165) is 82.9 Å². The topological polar surface area (TPSA) is 60.1 Å². The highest BCUT2D eigenvalue weighted by Gasteiger charge is 2.21. The molecule has 2 aliphatic rings. The highest BCUT2D eigenvalue weighted by Crippen LogP contribution is 2.33. The van der Waals surface area contributed by atoms with Gasteiger partial charge in [-0.2, -0.15) is 10.2 Å². The first-order chi connectivity index (χ1) is 19.2. The average Bonchev–Trinajstić information content (AvgIpc) is 3.75. The van der Waals surface area contributed by atoms with Crippen molar-refractivity contribution >= 4 is 40.3 Å². The van der Waals surface area contributed by atoms with E-state index in [0.29, 0.717) is 0 Å². The second kappa shape index (κ2) is 11.8. The van der Waals surface area contributed by atoms with Crippen molar-refractivity contribution in [1.29, 1.82) is 0 Å². The molecule has 39 heavy (non-hydrogen) atoms. The maximum atomic E-state index is 6.19. The molecule has 0 aliphatic carbocycles. The van der Waals surface area contributed by atoms with Crippen molar-refractivity contribution in [2.45, 2.75) is 44.9 Å². The molecule has 2 aromatic carbocycles. The van der Waals surface area contributed by atoms with E-state index in [-0.39, 0.29) is 6.23 Å². The monoisotopic (exact) mass is 540 g/mol. The number of nitrogens with one attached hydrogen (secondary N) is 1. The van der Waals surface area contributed by atoms with Crippen molar-refractivity contribution in [3.8, 4) is 11.1 Å². The Balaban J connectivity index is 1.35. The number of fused-ring (bicyclic) bond motifs is 1. The minimum atomic E-state index is -0.0572. The maximum Gasteiger partial charge on any atom is 0.150 e. The van der Waals surface area contributed by atoms with Gasteiger partial charge >= 0.3 is 0 Å². The Bertz CT molecular complexity index is 1480. The number of hydrogen-bond acceptors (Lipinski definition) is 5. The Labute approximate surface area is 235 Å². The molecule has 0 spiro atoms. The van der Waals surface area contributed by atoms with Crippen molar-refractivity contribution < 1.29 is 4.74 Å². The molecule has 1 N–H and O–H groups in total. The molecule has 1 unspecified atom stereocenters. The van der Waals surface area contributed by atoms with Crippen molar-refractivity contribution in [2.24, 2.45) is 0 Å². The summed E-state index contributed by atoms with van der Waals surface area (Å²) in [5, 5.41) is 13.9. The van der Waals surface area contributed by atoms with Gasteiger partial charge in [0.05, 0.1) is 23.4 Å². The lowest BCUT2D eigenvalue weighted by molar-refractivity contribution is -0.0367. The normalized spacial score (nSPS) is 18.3. The van der Waals surface area contributed by atoms with Gasteiger partial charge in [0.2, 0.25) is 0 Å². The molecule has 4 aromatic rings. The van der Waals surface area contributed by atoms with Crippen LogP contribution in [0, 0.1) is 0 Å². The van der Waals surface area contributed by atoms with Gasteiger partial charge in [-0.05, 0) is 86.7 Å². The summed E-state index contributed by atoms with van der Waals surface area (Å²) in [5.74, 6) is 0.